The van der Waals surface area contributed by atoms with Crippen LogP contribution in [0.15, 0.2) is 22.7 Å². The first kappa shape index (κ1) is 16.8. The van der Waals surface area contributed by atoms with Gasteiger partial charge in [0, 0.05) is 29.4 Å². The molecule has 114 valence electrons. The lowest BCUT2D eigenvalue weighted by Crippen LogP contribution is -2.17. The highest BCUT2D eigenvalue weighted by Gasteiger charge is 2.18. The molecule has 0 saturated carbocycles. The number of aromatic nitrogens is 2. The van der Waals surface area contributed by atoms with E-state index in [1.807, 2.05) is 18.5 Å². The average molecular weight is 392 g/mol. The SMILES string of the molecule is CCn1nc(C)c(Br)c1CC(O)Cc1c(Cl)cccc1Cl. The number of halogens is 3. The predicted molar refractivity (Wildman–Crippen MR) is 90.2 cm³/mol. The van der Waals surface area contributed by atoms with Crippen molar-refractivity contribution in [1.29, 1.82) is 0 Å². The molecule has 1 aromatic heterocycles. The first-order chi connectivity index (χ1) is 9.93. The van der Waals surface area contributed by atoms with Gasteiger partial charge in [-0.05, 0) is 47.5 Å². The molecule has 0 aliphatic rings. The van der Waals surface area contributed by atoms with E-state index in [1.165, 1.54) is 0 Å². The maximum atomic E-state index is 10.4. The van der Waals surface area contributed by atoms with E-state index in [0.717, 1.165) is 28.0 Å². The number of nitrogens with zero attached hydrogens (tertiary/aromatic N) is 2. The van der Waals surface area contributed by atoms with E-state index >= 15 is 0 Å². The molecular formula is C15H17BrCl2N2O. The van der Waals surface area contributed by atoms with E-state index in [0.29, 0.717) is 22.9 Å². The zero-order valence-electron chi connectivity index (χ0n) is 11.9. The molecule has 0 amide bonds. The molecule has 0 radical (unpaired) electrons. The Hall–Kier alpha value is -0.550. The Morgan fingerprint density at radius 1 is 1.29 bits per heavy atom. The van der Waals surface area contributed by atoms with Crippen LogP contribution in [0, 0.1) is 6.92 Å². The third-order valence-electron chi connectivity index (χ3n) is 3.38. The Balaban J connectivity index is 2.17. The largest absolute Gasteiger partial charge is 0.392 e. The molecule has 1 aromatic carbocycles. The van der Waals surface area contributed by atoms with Crippen molar-refractivity contribution < 1.29 is 5.11 Å². The fraction of sp³-hybridized carbons (Fsp3) is 0.400. The van der Waals surface area contributed by atoms with Crippen LogP contribution < -0.4 is 0 Å². The highest BCUT2D eigenvalue weighted by atomic mass is 79.9. The topological polar surface area (TPSA) is 38.0 Å². The Morgan fingerprint density at radius 2 is 1.90 bits per heavy atom. The lowest BCUT2D eigenvalue weighted by molar-refractivity contribution is 0.172. The summed E-state index contributed by atoms with van der Waals surface area (Å²) in [5, 5.41) is 16.0. The second-order valence-electron chi connectivity index (χ2n) is 4.92. The van der Waals surface area contributed by atoms with Crippen molar-refractivity contribution in [3.63, 3.8) is 0 Å². The second kappa shape index (κ2) is 7.14. The molecule has 0 saturated heterocycles. The smallest absolute Gasteiger partial charge is 0.0738 e. The summed E-state index contributed by atoms with van der Waals surface area (Å²) in [6, 6.07) is 5.37. The van der Waals surface area contributed by atoms with Gasteiger partial charge in [-0.1, -0.05) is 29.3 Å². The van der Waals surface area contributed by atoms with Gasteiger partial charge in [-0.3, -0.25) is 4.68 Å². The molecule has 0 fully saturated rings. The molecule has 2 rings (SSSR count). The first-order valence-electron chi connectivity index (χ1n) is 6.76. The summed E-state index contributed by atoms with van der Waals surface area (Å²) < 4.78 is 2.85. The number of aliphatic hydroxyl groups is 1. The van der Waals surface area contributed by atoms with Gasteiger partial charge in [-0.2, -0.15) is 5.10 Å². The highest BCUT2D eigenvalue weighted by Crippen LogP contribution is 2.27. The average Bonchev–Trinajstić information content (AvgIpc) is 2.71. The molecule has 1 unspecified atom stereocenters. The van der Waals surface area contributed by atoms with E-state index in [4.69, 9.17) is 23.2 Å². The van der Waals surface area contributed by atoms with Gasteiger partial charge in [0.2, 0.25) is 0 Å². The third kappa shape index (κ3) is 3.81. The number of rotatable bonds is 5. The molecule has 2 aromatic rings. The summed E-state index contributed by atoms with van der Waals surface area (Å²) >= 11 is 15.8. The molecule has 0 aliphatic carbocycles. The quantitative estimate of drug-likeness (QED) is 0.818. The van der Waals surface area contributed by atoms with Crippen LogP contribution in [0.1, 0.15) is 23.9 Å². The summed E-state index contributed by atoms with van der Waals surface area (Å²) in [7, 11) is 0. The maximum Gasteiger partial charge on any atom is 0.0738 e. The van der Waals surface area contributed by atoms with Crippen LogP contribution in [0.25, 0.3) is 0 Å². The minimum Gasteiger partial charge on any atom is -0.392 e. The molecule has 0 aliphatic heterocycles. The summed E-state index contributed by atoms with van der Waals surface area (Å²) in [4.78, 5) is 0. The molecule has 0 spiro atoms. The lowest BCUT2D eigenvalue weighted by atomic mass is 10.0. The molecule has 6 heteroatoms. The normalized spacial score (nSPS) is 12.7. The van der Waals surface area contributed by atoms with E-state index < -0.39 is 6.10 Å². The minimum absolute atomic E-state index is 0.416. The maximum absolute atomic E-state index is 10.4. The van der Waals surface area contributed by atoms with Crippen LogP contribution in [0.4, 0.5) is 0 Å². The predicted octanol–water partition coefficient (Wildman–Crippen LogP) is 4.43. The lowest BCUT2D eigenvalue weighted by Gasteiger charge is -2.14. The summed E-state index contributed by atoms with van der Waals surface area (Å²) in [6.45, 7) is 4.73. The number of aliphatic hydroxyl groups excluding tert-OH is 1. The molecule has 3 nitrogen and oxygen atoms in total. The monoisotopic (exact) mass is 390 g/mol. The van der Waals surface area contributed by atoms with Gasteiger partial charge >= 0.3 is 0 Å². The third-order valence-corrected chi connectivity index (χ3v) is 5.12. The van der Waals surface area contributed by atoms with Crippen molar-refractivity contribution in [2.24, 2.45) is 0 Å². The van der Waals surface area contributed by atoms with Crippen LogP contribution in [0.5, 0.6) is 0 Å². The summed E-state index contributed by atoms with van der Waals surface area (Å²) in [5.74, 6) is 0. The molecule has 0 bridgehead atoms. The summed E-state index contributed by atoms with van der Waals surface area (Å²) in [6.07, 6.45) is 0.343. The Morgan fingerprint density at radius 3 is 2.48 bits per heavy atom. The second-order valence-corrected chi connectivity index (χ2v) is 6.53. The summed E-state index contributed by atoms with van der Waals surface area (Å²) in [5.41, 5.74) is 2.70. The molecule has 1 N–H and O–H groups in total. The fourth-order valence-electron chi connectivity index (χ4n) is 2.32. The molecule has 21 heavy (non-hydrogen) atoms. The zero-order chi connectivity index (χ0) is 15.6. The Labute approximate surface area is 143 Å². The fourth-order valence-corrected chi connectivity index (χ4v) is 3.32. The molecule has 1 atom stereocenters. The van der Waals surface area contributed by atoms with Crippen molar-refractivity contribution in [2.75, 3.05) is 0 Å². The van der Waals surface area contributed by atoms with Gasteiger partial charge in [0.05, 0.1) is 22.0 Å². The van der Waals surface area contributed by atoms with Crippen LogP contribution >= 0.6 is 39.1 Å². The van der Waals surface area contributed by atoms with E-state index in [1.54, 1.807) is 18.2 Å². The standard InChI is InChI=1S/C15H17BrCl2N2O/c1-3-20-14(15(16)9(2)19-20)8-10(21)7-11-12(17)5-4-6-13(11)18/h4-6,10,21H,3,7-8H2,1-2H3. The highest BCUT2D eigenvalue weighted by molar-refractivity contribution is 9.10. The van der Waals surface area contributed by atoms with Gasteiger partial charge in [0.25, 0.3) is 0 Å². The van der Waals surface area contributed by atoms with E-state index in [2.05, 4.69) is 21.0 Å². The minimum atomic E-state index is -0.569. The van der Waals surface area contributed by atoms with Gasteiger partial charge in [0.1, 0.15) is 0 Å². The van der Waals surface area contributed by atoms with Gasteiger partial charge in [0.15, 0.2) is 0 Å². The molecular weight excluding hydrogens is 375 g/mol. The van der Waals surface area contributed by atoms with Crippen molar-refractivity contribution in [3.8, 4) is 0 Å². The van der Waals surface area contributed by atoms with Crippen molar-refractivity contribution in [2.45, 2.75) is 39.3 Å². The van der Waals surface area contributed by atoms with Gasteiger partial charge in [-0.15, -0.1) is 0 Å². The van der Waals surface area contributed by atoms with Crippen LogP contribution in [-0.4, -0.2) is 21.0 Å². The van der Waals surface area contributed by atoms with E-state index in [-0.39, 0.29) is 0 Å². The molecule has 1 heterocycles. The van der Waals surface area contributed by atoms with Crippen molar-refractivity contribution in [3.05, 3.63) is 49.7 Å². The van der Waals surface area contributed by atoms with Crippen LogP contribution in [0.2, 0.25) is 10.0 Å². The van der Waals surface area contributed by atoms with Gasteiger partial charge < -0.3 is 5.11 Å². The van der Waals surface area contributed by atoms with Crippen molar-refractivity contribution in [1.82, 2.24) is 9.78 Å². The van der Waals surface area contributed by atoms with Crippen LogP contribution in [-0.2, 0) is 19.4 Å². The van der Waals surface area contributed by atoms with Gasteiger partial charge in [-0.25, -0.2) is 0 Å². The van der Waals surface area contributed by atoms with E-state index in [9.17, 15) is 5.11 Å². The number of hydrogen-bond donors (Lipinski definition) is 1. The number of benzene rings is 1. The van der Waals surface area contributed by atoms with Crippen molar-refractivity contribution >= 4 is 39.1 Å². The van der Waals surface area contributed by atoms with Crippen LogP contribution in [0.3, 0.4) is 0 Å². The number of hydrogen-bond acceptors (Lipinski definition) is 2. The Kier molecular flexibility index (Phi) is 5.72. The Bertz CT molecular complexity index is 623. The first-order valence-corrected chi connectivity index (χ1v) is 8.31. The zero-order valence-corrected chi connectivity index (χ0v) is 15.0. The number of aryl methyl sites for hydroxylation is 2.